The molecule has 1 aliphatic rings. The number of para-hydroxylation sites is 1. The summed E-state index contributed by atoms with van der Waals surface area (Å²) < 4.78 is 7.43. The fraction of sp³-hybridized carbons (Fsp3) is 0.222. The Morgan fingerprint density at radius 3 is 2.65 bits per heavy atom. The van der Waals surface area contributed by atoms with E-state index < -0.39 is 0 Å². The van der Waals surface area contributed by atoms with Crippen LogP contribution in [0.4, 0.5) is 0 Å². The lowest BCUT2D eigenvalue weighted by Crippen LogP contribution is -2.10. The van der Waals surface area contributed by atoms with Gasteiger partial charge in [0.05, 0.1) is 15.0 Å². The van der Waals surface area contributed by atoms with Gasteiger partial charge in [-0.2, -0.15) is 4.91 Å². The lowest BCUT2D eigenvalue weighted by atomic mass is 9.91. The molecule has 0 bridgehead atoms. The van der Waals surface area contributed by atoms with Crippen LogP contribution in [0.2, 0.25) is 0 Å². The first-order valence-electron chi connectivity index (χ1n) is 7.75. The Labute approximate surface area is 136 Å². The van der Waals surface area contributed by atoms with Crippen molar-refractivity contribution >= 4 is 20.4 Å². The first-order chi connectivity index (χ1) is 11.3. The van der Waals surface area contributed by atoms with Crippen LogP contribution in [-0.4, -0.2) is 4.57 Å². The molecule has 0 spiro atoms. The van der Waals surface area contributed by atoms with Crippen LogP contribution in [0, 0.1) is 4.91 Å². The Kier molecular flexibility index (Phi) is 3.62. The van der Waals surface area contributed by atoms with Crippen molar-refractivity contribution in [2.45, 2.75) is 25.3 Å². The highest BCUT2D eigenvalue weighted by Crippen LogP contribution is 2.41. The molecule has 2 atom stereocenters. The van der Waals surface area contributed by atoms with E-state index in [1.165, 1.54) is 5.69 Å². The van der Waals surface area contributed by atoms with Gasteiger partial charge in [-0.25, -0.2) is 0 Å². The molecule has 0 N–H and O–H groups in total. The Morgan fingerprint density at radius 1 is 1.13 bits per heavy atom. The minimum atomic E-state index is -0.237. The Bertz CT molecular complexity index is 871. The molecule has 0 amide bonds. The zero-order valence-electron chi connectivity index (χ0n) is 12.6. The lowest BCUT2D eigenvalue weighted by Gasteiger charge is -2.19. The molecule has 3 aromatic rings. The summed E-state index contributed by atoms with van der Waals surface area (Å²) in [6.07, 6.45) is 2.80. The van der Waals surface area contributed by atoms with E-state index in [0.29, 0.717) is 0 Å². The number of rotatable bonds is 3. The van der Waals surface area contributed by atoms with Crippen LogP contribution in [0.15, 0.2) is 53.7 Å². The topological polar surface area (TPSA) is 43.6 Å². The highest BCUT2D eigenvalue weighted by atomic mass is 31.0. The predicted molar refractivity (Wildman–Crippen MR) is 95.1 cm³/mol. The average molecular weight is 324 g/mol. The second-order valence-corrected chi connectivity index (χ2v) is 6.07. The molecular formula is C18H17N2O2P. The maximum absolute atomic E-state index is 11.3. The van der Waals surface area contributed by atoms with Crippen LogP contribution in [0.5, 0.6) is 5.75 Å². The molecule has 4 rings (SSSR count). The van der Waals surface area contributed by atoms with E-state index in [0.717, 1.165) is 47.2 Å². The number of fused-ring (bicyclic) bond motifs is 3. The fourth-order valence-electron chi connectivity index (χ4n) is 3.62. The summed E-state index contributed by atoms with van der Waals surface area (Å²) in [6, 6.07) is 16.0. The van der Waals surface area contributed by atoms with Crippen molar-refractivity contribution < 1.29 is 4.52 Å². The average Bonchev–Trinajstić information content (AvgIpc) is 2.96. The van der Waals surface area contributed by atoms with Gasteiger partial charge in [-0.05, 0) is 49.6 Å². The predicted octanol–water partition coefficient (Wildman–Crippen LogP) is 4.94. The monoisotopic (exact) mass is 324 g/mol. The first-order valence-corrected chi connectivity index (χ1v) is 8.22. The van der Waals surface area contributed by atoms with Crippen molar-refractivity contribution in [2.75, 3.05) is 0 Å². The van der Waals surface area contributed by atoms with Gasteiger partial charge in [0, 0.05) is 22.3 Å². The summed E-state index contributed by atoms with van der Waals surface area (Å²) >= 11 is 0. The van der Waals surface area contributed by atoms with Gasteiger partial charge in [0.2, 0.25) is 0 Å². The van der Waals surface area contributed by atoms with Crippen LogP contribution in [-0.2, 0) is 6.42 Å². The SMILES string of the molecule is O=NC1CCCc2c1c1ccccc1n2-c1ccc(OP)cc1. The molecule has 0 saturated heterocycles. The van der Waals surface area contributed by atoms with Crippen molar-refractivity contribution in [3.05, 3.63) is 64.7 Å². The van der Waals surface area contributed by atoms with E-state index in [-0.39, 0.29) is 6.04 Å². The van der Waals surface area contributed by atoms with E-state index in [4.69, 9.17) is 4.52 Å². The molecular weight excluding hydrogens is 307 g/mol. The molecule has 0 aliphatic heterocycles. The van der Waals surface area contributed by atoms with Crippen molar-refractivity contribution in [3.8, 4) is 11.4 Å². The van der Waals surface area contributed by atoms with Crippen LogP contribution in [0.1, 0.15) is 30.1 Å². The summed E-state index contributed by atoms with van der Waals surface area (Å²) in [4.78, 5) is 11.3. The largest absolute Gasteiger partial charge is 0.480 e. The third kappa shape index (κ3) is 2.25. The number of nitroso groups, excluding NO2 is 1. The van der Waals surface area contributed by atoms with Gasteiger partial charge in [0.1, 0.15) is 11.8 Å². The zero-order chi connectivity index (χ0) is 15.8. The van der Waals surface area contributed by atoms with Crippen molar-refractivity contribution in [3.63, 3.8) is 0 Å². The number of hydrogen-bond acceptors (Lipinski definition) is 3. The molecule has 4 nitrogen and oxygen atoms in total. The minimum absolute atomic E-state index is 0.237. The summed E-state index contributed by atoms with van der Waals surface area (Å²) in [5.41, 5.74) is 4.53. The van der Waals surface area contributed by atoms with Gasteiger partial charge < -0.3 is 9.09 Å². The molecule has 0 saturated carbocycles. The van der Waals surface area contributed by atoms with Gasteiger partial charge in [-0.1, -0.05) is 23.4 Å². The van der Waals surface area contributed by atoms with Gasteiger partial charge in [-0.15, -0.1) is 0 Å². The lowest BCUT2D eigenvalue weighted by molar-refractivity contribution is 0.562. The molecule has 0 fully saturated rings. The normalized spacial score (nSPS) is 17.0. The van der Waals surface area contributed by atoms with Gasteiger partial charge in [0.15, 0.2) is 0 Å². The number of aromatic nitrogens is 1. The second kappa shape index (κ2) is 5.78. The molecule has 1 heterocycles. The van der Waals surface area contributed by atoms with Gasteiger partial charge >= 0.3 is 0 Å². The van der Waals surface area contributed by atoms with Gasteiger partial charge in [0.25, 0.3) is 0 Å². The number of nitrogens with zero attached hydrogens (tertiary/aromatic N) is 2. The van der Waals surface area contributed by atoms with Crippen LogP contribution in [0.25, 0.3) is 16.6 Å². The highest BCUT2D eigenvalue weighted by molar-refractivity contribution is 7.10. The van der Waals surface area contributed by atoms with Crippen molar-refractivity contribution in [2.24, 2.45) is 5.18 Å². The maximum atomic E-state index is 11.3. The Hall–Kier alpha value is -2.19. The second-order valence-electron chi connectivity index (χ2n) is 5.84. The summed E-state index contributed by atoms with van der Waals surface area (Å²) in [5, 5.41) is 4.52. The molecule has 2 aromatic carbocycles. The summed E-state index contributed by atoms with van der Waals surface area (Å²) in [5.74, 6) is 0.802. The van der Waals surface area contributed by atoms with Crippen LogP contribution >= 0.6 is 9.47 Å². The minimum Gasteiger partial charge on any atom is -0.480 e. The van der Waals surface area contributed by atoms with Crippen LogP contribution in [0.3, 0.4) is 0 Å². The van der Waals surface area contributed by atoms with E-state index >= 15 is 0 Å². The Morgan fingerprint density at radius 2 is 1.91 bits per heavy atom. The Balaban J connectivity index is 2.00. The zero-order valence-corrected chi connectivity index (χ0v) is 13.8. The molecule has 1 aromatic heterocycles. The molecule has 1 aliphatic carbocycles. The molecule has 5 heteroatoms. The maximum Gasteiger partial charge on any atom is 0.122 e. The molecule has 2 unspecified atom stereocenters. The van der Waals surface area contributed by atoms with Crippen molar-refractivity contribution in [1.82, 2.24) is 4.57 Å². The molecule has 23 heavy (non-hydrogen) atoms. The smallest absolute Gasteiger partial charge is 0.122 e. The number of hydrogen-bond donors (Lipinski definition) is 0. The molecule has 0 radical (unpaired) electrons. The highest BCUT2D eigenvalue weighted by Gasteiger charge is 2.28. The quantitative estimate of drug-likeness (QED) is 0.506. The third-order valence-corrected chi connectivity index (χ3v) is 4.87. The van der Waals surface area contributed by atoms with E-state index in [2.05, 4.69) is 31.3 Å². The van der Waals surface area contributed by atoms with E-state index in [9.17, 15) is 4.91 Å². The van der Waals surface area contributed by atoms with E-state index in [1.807, 2.05) is 36.4 Å². The summed E-state index contributed by atoms with van der Waals surface area (Å²) in [6.45, 7) is 0. The third-order valence-electron chi connectivity index (χ3n) is 4.60. The van der Waals surface area contributed by atoms with Crippen molar-refractivity contribution in [1.29, 1.82) is 0 Å². The summed E-state index contributed by atoms with van der Waals surface area (Å²) in [7, 11) is 2.26. The first kappa shape index (κ1) is 14.4. The van der Waals surface area contributed by atoms with Gasteiger partial charge in [-0.3, -0.25) is 0 Å². The standard InChI is InChI=1S/C18H17N2O2P/c21-19-15-5-3-7-17-18(15)14-4-1-2-6-16(14)20(17)12-8-10-13(22-23)11-9-12/h1-2,4,6,8-11,15H,3,5,7,23H2. The molecule has 116 valence electrons. The van der Waals surface area contributed by atoms with Crippen LogP contribution < -0.4 is 4.52 Å². The number of benzene rings is 2. The van der Waals surface area contributed by atoms with E-state index in [1.54, 1.807) is 0 Å². The fourth-order valence-corrected chi connectivity index (χ4v) is 3.77.